The summed E-state index contributed by atoms with van der Waals surface area (Å²) in [7, 11) is -2.66. The summed E-state index contributed by atoms with van der Waals surface area (Å²) >= 11 is 0. The Morgan fingerprint density at radius 2 is 1.88 bits per heavy atom. The molecule has 0 N–H and O–H groups in total. The average molecular weight is 363 g/mol. The van der Waals surface area contributed by atoms with Crippen molar-refractivity contribution < 1.29 is 32.0 Å². The molecule has 138 valence electrons. The van der Waals surface area contributed by atoms with Crippen LogP contribution in [0.2, 0.25) is 0 Å². The number of fused-ring (bicyclic) bond motifs is 1. The van der Waals surface area contributed by atoms with Gasteiger partial charge in [0.1, 0.15) is 6.04 Å². The monoisotopic (exact) mass is 363 g/mol. The Labute approximate surface area is 142 Å². The molecule has 1 heterocycles. The predicted molar refractivity (Wildman–Crippen MR) is 84.2 cm³/mol. The van der Waals surface area contributed by atoms with Crippen LogP contribution in [0.1, 0.15) is 45.4 Å². The van der Waals surface area contributed by atoms with E-state index in [1.807, 2.05) is 6.92 Å². The number of methoxy groups -OCH3 is 1. The first-order chi connectivity index (χ1) is 11.3. The molecule has 0 radical (unpaired) electrons. The van der Waals surface area contributed by atoms with Crippen molar-refractivity contribution in [1.29, 1.82) is 0 Å². The quantitative estimate of drug-likeness (QED) is 0.555. The maximum Gasteiger partial charge on any atom is 0.410 e. The second-order valence-electron chi connectivity index (χ2n) is 6.49. The lowest BCUT2D eigenvalue weighted by atomic mass is 9.68. The van der Waals surface area contributed by atoms with Crippen molar-refractivity contribution in [1.82, 2.24) is 4.90 Å². The van der Waals surface area contributed by atoms with E-state index >= 15 is 0 Å². The van der Waals surface area contributed by atoms with Gasteiger partial charge in [-0.25, -0.2) is 9.59 Å². The molecular weight excluding hydrogens is 338 g/mol. The first-order valence-corrected chi connectivity index (χ1v) is 10.1. The summed E-state index contributed by atoms with van der Waals surface area (Å²) in [6, 6.07) is -1.03. The van der Waals surface area contributed by atoms with Gasteiger partial charge in [-0.1, -0.05) is 30.5 Å². The SMILES string of the molecule is CCC1C2CCCCC2CC(C(=O)OOS(C)(=O)=O)N1C(=O)OC. The Balaban J connectivity index is 2.24. The first-order valence-electron chi connectivity index (χ1n) is 8.24. The number of carbonyl (C=O) groups excluding carboxylic acids is 2. The molecule has 8 nitrogen and oxygen atoms in total. The maximum atomic E-state index is 12.4. The van der Waals surface area contributed by atoms with Crippen molar-refractivity contribution in [2.45, 2.75) is 57.5 Å². The Morgan fingerprint density at radius 3 is 2.46 bits per heavy atom. The van der Waals surface area contributed by atoms with E-state index in [0.717, 1.165) is 31.9 Å². The van der Waals surface area contributed by atoms with Crippen molar-refractivity contribution >= 4 is 22.2 Å². The van der Waals surface area contributed by atoms with Crippen LogP contribution in [0.4, 0.5) is 4.79 Å². The molecular formula is C15H25NO7S. The summed E-state index contributed by atoms with van der Waals surface area (Å²) in [5, 5.41) is 0. The topological polar surface area (TPSA) is 99.2 Å². The summed E-state index contributed by atoms with van der Waals surface area (Å²) in [5.41, 5.74) is 0. The van der Waals surface area contributed by atoms with Gasteiger partial charge in [0.15, 0.2) is 0 Å². The summed E-state index contributed by atoms with van der Waals surface area (Å²) in [5.74, 6) is -0.253. The van der Waals surface area contributed by atoms with Crippen LogP contribution >= 0.6 is 0 Å². The second-order valence-corrected chi connectivity index (χ2v) is 8.03. The molecule has 1 saturated carbocycles. The van der Waals surface area contributed by atoms with E-state index in [0.29, 0.717) is 24.7 Å². The summed E-state index contributed by atoms with van der Waals surface area (Å²) in [6.45, 7) is 1.97. The van der Waals surface area contributed by atoms with Gasteiger partial charge in [0.2, 0.25) is 0 Å². The lowest BCUT2D eigenvalue weighted by Gasteiger charge is -2.49. The third-order valence-corrected chi connectivity index (χ3v) is 5.31. The lowest BCUT2D eigenvalue weighted by Crippen LogP contribution is -2.59. The Kier molecular flexibility index (Phi) is 6.08. The largest absolute Gasteiger partial charge is 0.453 e. The number of rotatable bonds is 4. The summed E-state index contributed by atoms with van der Waals surface area (Å²) in [6.07, 6.45) is 5.51. The van der Waals surface area contributed by atoms with E-state index in [4.69, 9.17) is 4.74 Å². The minimum Gasteiger partial charge on any atom is -0.453 e. The number of piperidine rings is 1. The lowest BCUT2D eigenvalue weighted by molar-refractivity contribution is -0.220. The number of hydrogen-bond donors (Lipinski definition) is 0. The molecule has 24 heavy (non-hydrogen) atoms. The van der Waals surface area contributed by atoms with Crippen LogP contribution in [-0.2, 0) is 28.9 Å². The van der Waals surface area contributed by atoms with E-state index in [9.17, 15) is 18.0 Å². The van der Waals surface area contributed by atoms with Crippen molar-refractivity contribution in [3.8, 4) is 0 Å². The second kappa shape index (κ2) is 7.69. The number of ether oxygens (including phenoxy) is 1. The minimum atomic E-state index is -3.92. The van der Waals surface area contributed by atoms with Gasteiger partial charge < -0.3 is 4.74 Å². The van der Waals surface area contributed by atoms with Gasteiger partial charge in [0.05, 0.1) is 13.4 Å². The number of likely N-dealkylation sites (tertiary alicyclic amines) is 1. The molecule has 1 aliphatic heterocycles. The Hall–Kier alpha value is -1.35. The van der Waals surface area contributed by atoms with Gasteiger partial charge in [0, 0.05) is 6.04 Å². The van der Waals surface area contributed by atoms with Crippen LogP contribution in [-0.4, -0.2) is 50.8 Å². The summed E-state index contributed by atoms with van der Waals surface area (Å²) < 4.78 is 31.1. The Morgan fingerprint density at radius 1 is 1.21 bits per heavy atom. The molecule has 9 heteroatoms. The van der Waals surface area contributed by atoms with Crippen LogP contribution < -0.4 is 0 Å². The van der Waals surface area contributed by atoms with E-state index in [1.54, 1.807) is 0 Å². The number of amides is 1. The molecule has 1 amide bonds. The van der Waals surface area contributed by atoms with Crippen LogP contribution in [0, 0.1) is 11.8 Å². The molecule has 0 aromatic heterocycles. The zero-order valence-corrected chi connectivity index (χ0v) is 15.1. The minimum absolute atomic E-state index is 0.132. The highest BCUT2D eigenvalue weighted by Crippen LogP contribution is 2.43. The van der Waals surface area contributed by atoms with Crippen molar-refractivity contribution in [2.24, 2.45) is 11.8 Å². The van der Waals surface area contributed by atoms with Crippen LogP contribution in [0.25, 0.3) is 0 Å². The Bertz CT molecular complexity index is 576. The number of hydrogen-bond acceptors (Lipinski definition) is 7. The molecule has 0 bridgehead atoms. The van der Waals surface area contributed by atoms with Gasteiger partial charge >= 0.3 is 12.1 Å². The first kappa shape index (κ1) is 19.0. The third-order valence-electron chi connectivity index (χ3n) is 5.00. The highest BCUT2D eigenvalue weighted by Gasteiger charge is 2.49. The fourth-order valence-electron chi connectivity index (χ4n) is 4.10. The van der Waals surface area contributed by atoms with Crippen molar-refractivity contribution in [3.63, 3.8) is 0 Å². The molecule has 2 aliphatic rings. The number of carbonyl (C=O) groups is 2. The molecule has 1 aliphatic carbocycles. The standard InChI is InChI=1S/C15H25NO7S/c1-4-12-11-8-6-5-7-10(11)9-13(16(12)15(18)21-2)14(17)22-23-24(3,19)20/h10-13H,4-9H2,1-3H3. The molecule has 0 aromatic carbocycles. The van der Waals surface area contributed by atoms with Crippen LogP contribution in [0.15, 0.2) is 0 Å². The zero-order valence-electron chi connectivity index (χ0n) is 14.3. The predicted octanol–water partition coefficient (Wildman–Crippen LogP) is 1.85. The van der Waals surface area contributed by atoms with E-state index in [1.165, 1.54) is 12.0 Å². The molecule has 2 rings (SSSR count). The van der Waals surface area contributed by atoms with Gasteiger partial charge in [-0.3, -0.25) is 9.79 Å². The third kappa shape index (κ3) is 4.18. The van der Waals surface area contributed by atoms with Gasteiger partial charge in [0.25, 0.3) is 10.1 Å². The molecule has 0 spiro atoms. The molecule has 2 fully saturated rings. The van der Waals surface area contributed by atoms with Crippen molar-refractivity contribution in [3.05, 3.63) is 0 Å². The highest BCUT2D eigenvalue weighted by atomic mass is 32.2. The highest BCUT2D eigenvalue weighted by molar-refractivity contribution is 7.85. The molecule has 4 atom stereocenters. The molecule has 4 unspecified atom stereocenters. The fourth-order valence-corrected chi connectivity index (χ4v) is 4.29. The normalized spacial score (nSPS) is 30.4. The van der Waals surface area contributed by atoms with Gasteiger partial charge in [-0.05, 0) is 31.1 Å². The zero-order chi connectivity index (χ0) is 17.9. The van der Waals surface area contributed by atoms with Crippen LogP contribution in [0.3, 0.4) is 0 Å². The van der Waals surface area contributed by atoms with E-state index in [-0.39, 0.29) is 6.04 Å². The van der Waals surface area contributed by atoms with Gasteiger partial charge in [-0.2, -0.15) is 8.42 Å². The molecule has 1 saturated heterocycles. The smallest absolute Gasteiger partial charge is 0.410 e. The summed E-state index contributed by atoms with van der Waals surface area (Å²) in [4.78, 5) is 30.5. The van der Waals surface area contributed by atoms with E-state index in [2.05, 4.69) is 9.22 Å². The van der Waals surface area contributed by atoms with E-state index < -0.39 is 28.2 Å². The number of nitrogens with zero attached hydrogens (tertiary/aromatic N) is 1. The maximum absolute atomic E-state index is 12.4. The van der Waals surface area contributed by atoms with Crippen LogP contribution in [0.5, 0.6) is 0 Å². The average Bonchev–Trinajstić information content (AvgIpc) is 2.56. The fraction of sp³-hybridized carbons (Fsp3) is 0.867. The van der Waals surface area contributed by atoms with Gasteiger partial charge in [-0.15, -0.1) is 0 Å². The van der Waals surface area contributed by atoms with Crippen molar-refractivity contribution in [2.75, 3.05) is 13.4 Å². The molecule has 0 aromatic rings.